The van der Waals surface area contributed by atoms with Crippen LogP contribution in [0.3, 0.4) is 0 Å². The van der Waals surface area contributed by atoms with Crippen LogP contribution in [-0.2, 0) is 11.3 Å². The molecule has 0 spiro atoms. The molecule has 110 valence electrons. The highest BCUT2D eigenvalue weighted by molar-refractivity contribution is 5.86. The summed E-state index contributed by atoms with van der Waals surface area (Å²) in [6, 6.07) is 10.2. The Morgan fingerprint density at radius 1 is 1.38 bits per heavy atom. The van der Waals surface area contributed by atoms with E-state index in [1.165, 1.54) is 0 Å². The SMILES string of the molecule is Cc1c(C(=O)O)nnn1C1CC(OCc2ccccc2)C1. The third kappa shape index (κ3) is 2.80. The van der Waals surface area contributed by atoms with Crippen LogP contribution in [0.2, 0.25) is 0 Å². The van der Waals surface area contributed by atoms with Gasteiger partial charge in [-0.1, -0.05) is 35.5 Å². The molecule has 0 unspecified atom stereocenters. The Balaban J connectivity index is 1.53. The summed E-state index contributed by atoms with van der Waals surface area (Å²) in [5.74, 6) is -1.03. The number of ether oxygens (including phenoxy) is 1. The Bertz CT molecular complexity index is 633. The molecule has 0 aliphatic heterocycles. The third-order valence-corrected chi connectivity index (χ3v) is 3.87. The lowest BCUT2D eigenvalue weighted by atomic mass is 9.89. The van der Waals surface area contributed by atoms with Crippen LogP contribution in [0.15, 0.2) is 30.3 Å². The van der Waals surface area contributed by atoms with Gasteiger partial charge in [-0.3, -0.25) is 0 Å². The van der Waals surface area contributed by atoms with Gasteiger partial charge in [-0.25, -0.2) is 9.48 Å². The minimum Gasteiger partial charge on any atom is -0.476 e. The molecule has 6 nitrogen and oxygen atoms in total. The molecule has 0 saturated heterocycles. The molecule has 0 amide bonds. The Labute approximate surface area is 122 Å². The number of rotatable bonds is 5. The van der Waals surface area contributed by atoms with Crippen LogP contribution in [0.25, 0.3) is 0 Å². The molecule has 1 aromatic heterocycles. The van der Waals surface area contributed by atoms with Gasteiger partial charge in [0, 0.05) is 0 Å². The maximum atomic E-state index is 10.9. The summed E-state index contributed by atoms with van der Waals surface area (Å²) < 4.78 is 7.53. The van der Waals surface area contributed by atoms with Gasteiger partial charge in [-0.05, 0) is 25.3 Å². The van der Waals surface area contributed by atoms with Crippen molar-refractivity contribution in [3.63, 3.8) is 0 Å². The highest BCUT2D eigenvalue weighted by Crippen LogP contribution is 2.35. The van der Waals surface area contributed by atoms with Crippen molar-refractivity contribution in [1.29, 1.82) is 0 Å². The van der Waals surface area contributed by atoms with Crippen molar-refractivity contribution in [2.75, 3.05) is 0 Å². The van der Waals surface area contributed by atoms with E-state index in [0.717, 1.165) is 18.4 Å². The fraction of sp³-hybridized carbons (Fsp3) is 0.400. The molecule has 1 aliphatic carbocycles. The molecule has 6 heteroatoms. The molecule has 1 aromatic carbocycles. The molecule has 1 aliphatic rings. The number of hydrogen-bond donors (Lipinski definition) is 1. The predicted octanol–water partition coefficient (Wildman–Crippen LogP) is 2.21. The van der Waals surface area contributed by atoms with E-state index in [0.29, 0.717) is 12.3 Å². The van der Waals surface area contributed by atoms with Crippen LogP contribution in [0, 0.1) is 6.92 Å². The Morgan fingerprint density at radius 2 is 2.10 bits per heavy atom. The summed E-state index contributed by atoms with van der Waals surface area (Å²) in [4.78, 5) is 10.9. The molecular weight excluding hydrogens is 270 g/mol. The van der Waals surface area contributed by atoms with Gasteiger partial charge in [0.1, 0.15) is 0 Å². The standard InChI is InChI=1S/C15H17N3O3/c1-10-14(15(19)20)16-17-18(10)12-7-13(8-12)21-9-11-5-3-2-4-6-11/h2-6,12-13H,7-9H2,1H3,(H,19,20). The van der Waals surface area contributed by atoms with Gasteiger partial charge >= 0.3 is 5.97 Å². The molecule has 21 heavy (non-hydrogen) atoms. The minimum atomic E-state index is -1.03. The number of aromatic carboxylic acids is 1. The summed E-state index contributed by atoms with van der Waals surface area (Å²) in [7, 11) is 0. The predicted molar refractivity (Wildman–Crippen MR) is 75.0 cm³/mol. The summed E-state index contributed by atoms with van der Waals surface area (Å²) in [5, 5.41) is 16.6. The zero-order chi connectivity index (χ0) is 14.8. The second-order valence-electron chi connectivity index (χ2n) is 5.32. The third-order valence-electron chi connectivity index (χ3n) is 3.87. The maximum Gasteiger partial charge on any atom is 0.358 e. The van der Waals surface area contributed by atoms with E-state index < -0.39 is 5.97 Å². The van der Waals surface area contributed by atoms with E-state index in [1.54, 1.807) is 11.6 Å². The molecule has 3 rings (SSSR count). The maximum absolute atomic E-state index is 10.9. The number of nitrogens with zero attached hydrogens (tertiary/aromatic N) is 3. The van der Waals surface area contributed by atoms with E-state index in [4.69, 9.17) is 9.84 Å². The lowest BCUT2D eigenvalue weighted by Crippen LogP contribution is -2.34. The van der Waals surface area contributed by atoms with Gasteiger partial charge in [0.2, 0.25) is 0 Å². The first kappa shape index (κ1) is 13.8. The number of aromatic nitrogens is 3. The molecule has 1 saturated carbocycles. The van der Waals surface area contributed by atoms with Gasteiger partial charge < -0.3 is 9.84 Å². The molecular formula is C15H17N3O3. The van der Waals surface area contributed by atoms with E-state index in [9.17, 15) is 4.79 Å². The first-order valence-electron chi connectivity index (χ1n) is 6.95. The summed E-state index contributed by atoms with van der Waals surface area (Å²) in [6.07, 6.45) is 1.89. The first-order chi connectivity index (χ1) is 10.1. The molecule has 1 N–H and O–H groups in total. The second-order valence-corrected chi connectivity index (χ2v) is 5.32. The minimum absolute atomic E-state index is 0.0312. The Kier molecular flexibility index (Phi) is 3.70. The van der Waals surface area contributed by atoms with Crippen molar-refractivity contribution in [3.8, 4) is 0 Å². The second kappa shape index (κ2) is 5.65. The zero-order valence-corrected chi connectivity index (χ0v) is 11.8. The lowest BCUT2D eigenvalue weighted by Gasteiger charge is -2.35. The number of carboxylic acids is 1. The monoisotopic (exact) mass is 287 g/mol. The normalized spacial score (nSPS) is 21.0. The van der Waals surface area contributed by atoms with E-state index in [2.05, 4.69) is 10.3 Å². The highest BCUT2D eigenvalue weighted by Gasteiger charge is 2.34. The Morgan fingerprint density at radius 3 is 2.71 bits per heavy atom. The van der Waals surface area contributed by atoms with Crippen molar-refractivity contribution >= 4 is 5.97 Å². The molecule has 1 fully saturated rings. The van der Waals surface area contributed by atoms with Gasteiger partial charge in [0.05, 0.1) is 24.4 Å². The van der Waals surface area contributed by atoms with Crippen LogP contribution in [0.4, 0.5) is 0 Å². The Hall–Kier alpha value is -2.21. The quantitative estimate of drug-likeness (QED) is 0.912. The van der Waals surface area contributed by atoms with Gasteiger partial charge in [0.15, 0.2) is 5.69 Å². The number of carboxylic acid groups (broad SMARTS) is 1. The van der Waals surface area contributed by atoms with Gasteiger partial charge in [0.25, 0.3) is 0 Å². The summed E-state index contributed by atoms with van der Waals surface area (Å²) >= 11 is 0. The van der Waals surface area contributed by atoms with E-state index >= 15 is 0 Å². The van der Waals surface area contributed by atoms with Crippen molar-refractivity contribution in [1.82, 2.24) is 15.0 Å². The largest absolute Gasteiger partial charge is 0.476 e. The molecule has 0 radical (unpaired) electrons. The molecule has 0 atom stereocenters. The number of carbonyl (C=O) groups is 1. The van der Waals surface area contributed by atoms with Crippen LogP contribution in [0.1, 0.15) is 40.6 Å². The van der Waals surface area contributed by atoms with Gasteiger partial charge in [-0.2, -0.15) is 0 Å². The van der Waals surface area contributed by atoms with Crippen LogP contribution >= 0.6 is 0 Å². The van der Waals surface area contributed by atoms with Crippen molar-refractivity contribution in [2.24, 2.45) is 0 Å². The fourth-order valence-corrected chi connectivity index (χ4v) is 2.55. The fourth-order valence-electron chi connectivity index (χ4n) is 2.55. The van der Waals surface area contributed by atoms with Gasteiger partial charge in [-0.15, -0.1) is 5.10 Å². The topological polar surface area (TPSA) is 77.2 Å². The summed E-state index contributed by atoms with van der Waals surface area (Å²) in [5.41, 5.74) is 1.80. The van der Waals surface area contributed by atoms with Crippen LogP contribution < -0.4 is 0 Å². The van der Waals surface area contributed by atoms with Crippen LogP contribution in [-0.4, -0.2) is 32.2 Å². The molecule has 2 aromatic rings. The van der Waals surface area contributed by atoms with Crippen molar-refractivity contribution < 1.29 is 14.6 Å². The van der Waals surface area contributed by atoms with Crippen LogP contribution in [0.5, 0.6) is 0 Å². The average Bonchev–Trinajstić information content (AvgIpc) is 2.80. The average molecular weight is 287 g/mol. The number of benzene rings is 1. The smallest absolute Gasteiger partial charge is 0.358 e. The molecule has 0 bridgehead atoms. The van der Waals surface area contributed by atoms with Crippen molar-refractivity contribution in [2.45, 2.75) is 38.5 Å². The first-order valence-corrected chi connectivity index (χ1v) is 6.95. The lowest BCUT2D eigenvalue weighted by molar-refractivity contribution is -0.0391. The highest BCUT2D eigenvalue weighted by atomic mass is 16.5. The number of hydrogen-bond acceptors (Lipinski definition) is 4. The zero-order valence-electron chi connectivity index (χ0n) is 11.8. The summed E-state index contributed by atoms with van der Waals surface area (Å²) in [6.45, 7) is 2.34. The van der Waals surface area contributed by atoms with E-state index in [1.807, 2.05) is 30.3 Å². The molecule has 1 heterocycles. The van der Waals surface area contributed by atoms with E-state index in [-0.39, 0.29) is 17.8 Å². The van der Waals surface area contributed by atoms with Crippen molar-refractivity contribution in [3.05, 3.63) is 47.3 Å².